The first kappa shape index (κ1) is 12.5. The maximum absolute atomic E-state index is 5.98. The SMILES string of the molecule is Cc1ccc(OC(CCCl)c2cccs2)cc1. The molecule has 0 aliphatic heterocycles. The van der Waals surface area contributed by atoms with Crippen molar-refractivity contribution in [1.82, 2.24) is 0 Å². The lowest BCUT2D eigenvalue weighted by molar-refractivity contribution is 0.206. The Morgan fingerprint density at radius 2 is 2.00 bits per heavy atom. The maximum atomic E-state index is 5.98. The fourth-order valence-electron chi connectivity index (χ4n) is 1.61. The van der Waals surface area contributed by atoms with Crippen molar-refractivity contribution in [2.24, 2.45) is 0 Å². The average molecular weight is 267 g/mol. The second-order valence-corrected chi connectivity index (χ2v) is 5.27. The van der Waals surface area contributed by atoms with E-state index in [9.17, 15) is 0 Å². The summed E-state index contributed by atoms with van der Waals surface area (Å²) >= 11 is 7.54. The highest BCUT2D eigenvalue weighted by Crippen LogP contribution is 2.28. The molecular weight excluding hydrogens is 252 g/mol. The minimum atomic E-state index is 0.0650. The Morgan fingerprint density at radius 3 is 2.59 bits per heavy atom. The summed E-state index contributed by atoms with van der Waals surface area (Å²) in [5.41, 5.74) is 1.24. The minimum Gasteiger partial charge on any atom is -0.485 e. The van der Waals surface area contributed by atoms with Crippen molar-refractivity contribution >= 4 is 22.9 Å². The summed E-state index contributed by atoms with van der Waals surface area (Å²) in [6.45, 7) is 2.07. The van der Waals surface area contributed by atoms with Gasteiger partial charge in [-0.2, -0.15) is 0 Å². The van der Waals surface area contributed by atoms with E-state index in [4.69, 9.17) is 16.3 Å². The van der Waals surface area contributed by atoms with Gasteiger partial charge in [0.15, 0.2) is 0 Å². The molecule has 0 aliphatic rings. The Morgan fingerprint density at radius 1 is 1.24 bits per heavy atom. The fraction of sp³-hybridized carbons (Fsp3) is 0.286. The standard InChI is InChI=1S/C14H15ClOS/c1-11-4-6-12(7-5-11)16-13(8-9-15)14-3-2-10-17-14/h2-7,10,13H,8-9H2,1H3. The second kappa shape index (κ2) is 6.08. The lowest BCUT2D eigenvalue weighted by atomic mass is 10.2. The largest absolute Gasteiger partial charge is 0.485 e. The maximum Gasteiger partial charge on any atom is 0.134 e. The van der Waals surface area contributed by atoms with Crippen molar-refractivity contribution in [3.8, 4) is 5.75 Å². The molecule has 0 fully saturated rings. The number of alkyl halides is 1. The molecule has 1 nitrogen and oxygen atoms in total. The van der Waals surface area contributed by atoms with Gasteiger partial charge >= 0.3 is 0 Å². The molecule has 0 radical (unpaired) electrons. The van der Waals surface area contributed by atoms with E-state index in [1.165, 1.54) is 10.4 Å². The van der Waals surface area contributed by atoms with Gasteiger partial charge in [-0.25, -0.2) is 0 Å². The highest BCUT2D eigenvalue weighted by Gasteiger charge is 2.13. The molecule has 1 aromatic carbocycles. The Kier molecular flexibility index (Phi) is 4.46. The molecule has 2 rings (SSSR count). The zero-order valence-electron chi connectivity index (χ0n) is 9.73. The molecule has 0 N–H and O–H groups in total. The summed E-state index contributed by atoms with van der Waals surface area (Å²) in [6, 6.07) is 12.3. The molecule has 90 valence electrons. The molecule has 1 unspecified atom stereocenters. The van der Waals surface area contributed by atoms with Crippen molar-refractivity contribution in [3.05, 3.63) is 52.2 Å². The topological polar surface area (TPSA) is 9.23 Å². The van der Waals surface area contributed by atoms with Crippen molar-refractivity contribution in [3.63, 3.8) is 0 Å². The van der Waals surface area contributed by atoms with Crippen molar-refractivity contribution < 1.29 is 4.74 Å². The van der Waals surface area contributed by atoms with Gasteiger partial charge in [0.2, 0.25) is 0 Å². The minimum absolute atomic E-state index is 0.0650. The van der Waals surface area contributed by atoms with Gasteiger partial charge in [-0.05, 0) is 30.5 Å². The molecular formula is C14H15ClOS. The highest BCUT2D eigenvalue weighted by atomic mass is 35.5. The third-order valence-corrected chi connectivity index (χ3v) is 3.71. The third-order valence-electron chi connectivity index (χ3n) is 2.53. The predicted octanol–water partition coefficient (Wildman–Crippen LogP) is 4.81. The van der Waals surface area contributed by atoms with Gasteiger partial charge in [0.25, 0.3) is 0 Å². The zero-order valence-corrected chi connectivity index (χ0v) is 11.3. The highest BCUT2D eigenvalue weighted by molar-refractivity contribution is 7.10. The summed E-state index contributed by atoms with van der Waals surface area (Å²) in [6.07, 6.45) is 0.894. The van der Waals surface area contributed by atoms with Crippen LogP contribution in [0.5, 0.6) is 5.75 Å². The summed E-state index contributed by atoms with van der Waals surface area (Å²) < 4.78 is 5.98. The lowest BCUT2D eigenvalue weighted by Gasteiger charge is -2.17. The molecule has 1 atom stereocenters. The normalized spacial score (nSPS) is 12.4. The lowest BCUT2D eigenvalue weighted by Crippen LogP contribution is -2.06. The number of ether oxygens (including phenoxy) is 1. The van der Waals surface area contributed by atoms with E-state index in [0.29, 0.717) is 5.88 Å². The molecule has 0 bridgehead atoms. The van der Waals surface area contributed by atoms with E-state index in [1.54, 1.807) is 11.3 Å². The van der Waals surface area contributed by atoms with Crippen LogP contribution >= 0.6 is 22.9 Å². The Bertz CT molecular complexity index is 436. The van der Waals surface area contributed by atoms with Crippen LogP contribution in [0.3, 0.4) is 0 Å². The summed E-state index contributed by atoms with van der Waals surface area (Å²) in [7, 11) is 0. The van der Waals surface area contributed by atoms with E-state index in [0.717, 1.165) is 12.2 Å². The van der Waals surface area contributed by atoms with Gasteiger partial charge in [0.1, 0.15) is 11.9 Å². The smallest absolute Gasteiger partial charge is 0.134 e. The number of rotatable bonds is 5. The molecule has 0 aliphatic carbocycles. The third kappa shape index (κ3) is 3.48. The molecule has 3 heteroatoms. The predicted molar refractivity (Wildman–Crippen MR) is 74.2 cm³/mol. The van der Waals surface area contributed by atoms with Crippen LogP contribution in [-0.2, 0) is 0 Å². The van der Waals surface area contributed by atoms with Crippen molar-refractivity contribution in [2.45, 2.75) is 19.4 Å². The van der Waals surface area contributed by atoms with E-state index in [-0.39, 0.29) is 6.10 Å². The zero-order chi connectivity index (χ0) is 12.1. The monoisotopic (exact) mass is 266 g/mol. The Labute approximate surface area is 111 Å². The number of benzene rings is 1. The van der Waals surface area contributed by atoms with E-state index >= 15 is 0 Å². The van der Waals surface area contributed by atoms with Gasteiger partial charge < -0.3 is 4.74 Å². The van der Waals surface area contributed by atoms with Crippen LogP contribution in [0.4, 0.5) is 0 Å². The average Bonchev–Trinajstić information content (AvgIpc) is 2.85. The van der Waals surface area contributed by atoms with E-state index < -0.39 is 0 Å². The van der Waals surface area contributed by atoms with Gasteiger partial charge in [0.05, 0.1) is 0 Å². The van der Waals surface area contributed by atoms with Crippen LogP contribution in [0, 0.1) is 6.92 Å². The van der Waals surface area contributed by atoms with Gasteiger partial charge in [-0.1, -0.05) is 23.8 Å². The van der Waals surface area contributed by atoms with E-state index in [1.807, 2.05) is 18.2 Å². The van der Waals surface area contributed by atoms with Crippen LogP contribution < -0.4 is 4.74 Å². The summed E-state index contributed by atoms with van der Waals surface area (Å²) in [5, 5.41) is 2.06. The first-order valence-corrected chi connectivity index (χ1v) is 7.03. The number of hydrogen-bond acceptors (Lipinski definition) is 2. The molecule has 0 amide bonds. The first-order valence-electron chi connectivity index (χ1n) is 5.62. The van der Waals surface area contributed by atoms with Crippen LogP contribution in [0.1, 0.15) is 23.0 Å². The molecule has 1 heterocycles. The van der Waals surface area contributed by atoms with Crippen LogP contribution in [0.15, 0.2) is 41.8 Å². The Balaban J connectivity index is 2.10. The molecule has 0 saturated heterocycles. The number of hydrogen-bond donors (Lipinski definition) is 0. The second-order valence-electron chi connectivity index (χ2n) is 3.91. The van der Waals surface area contributed by atoms with Crippen molar-refractivity contribution in [1.29, 1.82) is 0 Å². The quantitative estimate of drug-likeness (QED) is 0.706. The van der Waals surface area contributed by atoms with E-state index in [2.05, 4.69) is 30.5 Å². The molecule has 2 aromatic rings. The fourth-order valence-corrected chi connectivity index (χ4v) is 2.60. The molecule has 17 heavy (non-hydrogen) atoms. The number of halogens is 1. The summed E-state index contributed by atoms with van der Waals surface area (Å²) in [5.74, 6) is 1.51. The van der Waals surface area contributed by atoms with Crippen LogP contribution in [0.25, 0.3) is 0 Å². The van der Waals surface area contributed by atoms with Gasteiger partial charge in [-0.3, -0.25) is 0 Å². The summed E-state index contributed by atoms with van der Waals surface area (Å²) in [4.78, 5) is 1.23. The molecule has 0 spiro atoms. The first-order chi connectivity index (χ1) is 8.29. The Hall–Kier alpha value is -0.990. The van der Waals surface area contributed by atoms with Gasteiger partial charge in [0, 0.05) is 17.2 Å². The van der Waals surface area contributed by atoms with Crippen LogP contribution in [0.2, 0.25) is 0 Å². The molecule has 1 aromatic heterocycles. The van der Waals surface area contributed by atoms with Crippen LogP contribution in [-0.4, -0.2) is 5.88 Å². The molecule has 0 saturated carbocycles. The number of thiophene rings is 1. The van der Waals surface area contributed by atoms with Gasteiger partial charge in [-0.15, -0.1) is 22.9 Å². The number of aryl methyl sites for hydroxylation is 1. The van der Waals surface area contributed by atoms with Crippen molar-refractivity contribution in [2.75, 3.05) is 5.88 Å².